The number of alkyl halides is 4. The molecule has 0 aromatic carbocycles. The van der Waals surface area contributed by atoms with Crippen LogP contribution in [0.2, 0.25) is 0 Å². The molecule has 0 fully saturated rings. The van der Waals surface area contributed by atoms with Gasteiger partial charge in [-0.05, 0) is 12.2 Å². The lowest BCUT2D eigenvalue weighted by molar-refractivity contribution is -0.303. The summed E-state index contributed by atoms with van der Waals surface area (Å²) in [7, 11) is 0. The lowest BCUT2D eigenvalue weighted by Crippen LogP contribution is -2.24. The molecule has 0 radical (unpaired) electrons. The third kappa shape index (κ3) is 3.73. The van der Waals surface area contributed by atoms with Gasteiger partial charge in [0.25, 0.3) is 0 Å². The Bertz CT molecular complexity index is 322. The Kier molecular flexibility index (Phi) is 3.63. The molecule has 0 unspecified atom stereocenters. The predicted octanol–water partition coefficient (Wildman–Crippen LogP) is 2.48. The van der Waals surface area contributed by atoms with Gasteiger partial charge in [0, 0.05) is 3.92 Å². The summed E-state index contributed by atoms with van der Waals surface area (Å²) >= 11 is 1.83. The minimum absolute atomic E-state index is 0.374. The van der Waals surface area contributed by atoms with Crippen LogP contribution >= 0.6 is 22.6 Å². The van der Waals surface area contributed by atoms with Crippen LogP contribution in [0, 0.1) is 5.92 Å². The number of hydrogen-bond acceptors (Lipinski definition) is 2. The van der Waals surface area contributed by atoms with Crippen molar-refractivity contribution in [1.82, 2.24) is 0 Å². The Morgan fingerprint density at radius 2 is 2.13 bits per heavy atom. The zero-order valence-electron chi connectivity index (χ0n) is 7.16. The van der Waals surface area contributed by atoms with Crippen molar-refractivity contribution >= 4 is 28.6 Å². The van der Waals surface area contributed by atoms with Crippen LogP contribution in [0.1, 0.15) is 0 Å². The molecule has 0 amide bonds. The average Bonchev–Trinajstić information content (AvgIpc) is 2.05. The maximum absolute atomic E-state index is 11.8. The fourth-order valence-electron chi connectivity index (χ4n) is 1.04. The molecule has 0 spiro atoms. The minimum atomic E-state index is -4.79. The number of carboxylic acids is 1. The van der Waals surface area contributed by atoms with E-state index in [2.05, 4.69) is 4.74 Å². The van der Waals surface area contributed by atoms with E-state index in [0.717, 1.165) is 12.2 Å². The Morgan fingerprint density at radius 3 is 2.60 bits per heavy atom. The number of halogens is 4. The summed E-state index contributed by atoms with van der Waals surface area (Å²) in [6, 6.07) is 0. The Morgan fingerprint density at radius 1 is 1.53 bits per heavy atom. The molecule has 1 rings (SSSR count). The lowest BCUT2D eigenvalue weighted by atomic mass is 10.0. The van der Waals surface area contributed by atoms with Gasteiger partial charge in [-0.2, -0.15) is 0 Å². The highest BCUT2D eigenvalue weighted by Crippen LogP contribution is 2.28. The Hall–Kier alpha value is -0.730. The van der Waals surface area contributed by atoms with Crippen molar-refractivity contribution < 1.29 is 27.8 Å². The van der Waals surface area contributed by atoms with Crippen molar-refractivity contribution in [3.05, 3.63) is 24.0 Å². The normalized spacial score (nSPS) is 26.0. The molecule has 3 nitrogen and oxygen atoms in total. The van der Waals surface area contributed by atoms with E-state index in [4.69, 9.17) is 5.11 Å². The summed E-state index contributed by atoms with van der Waals surface area (Å²) in [6.45, 7) is 0. The molecule has 15 heavy (non-hydrogen) atoms. The molecular formula is C8H6F3IO3. The van der Waals surface area contributed by atoms with Crippen LogP contribution < -0.4 is 0 Å². The number of hydrogen-bond donors (Lipinski definition) is 1. The summed E-state index contributed by atoms with van der Waals surface area (Å²) in [5.74, 6) is -2.65. The van der Waals surface area contributed by atoms with Crippen LogP contribution in [-0.2, 0) is 9.53 Å². The van der Waals surface area contributed by atoms with Gasteiger partial charge in [-0.25, -0.2) is 0 Å². The summed E-state index contributed by atoms with van der Waals surface area (Å²) in [5, 5.41) is 8.70. The quantitative estimate of drug-likeness (QED) is 0.623. The monoisotopic (exact) mass is 334 g/mol. The molecule has 1 aliphatic rings. The molecular weight excluding hydrogens is 328 g/mol. The van der Waals surface area contributed by atoms with Gasteiger partial charge in [-0.3, -0.25) is 4.79 Å². The van der Waals surface area contributed by atoms with Crippen molar-refractivity contribution in [1.29, 1.82) is 0 Å². The second-order valence-electron chi connectivity index (χ2n) is 2.78. The van der Waals surface area contributed by atoms with Crippen LogP contribution in [0.4, 0.5) is 13.2 Å². The number of ether oxygens (including phenoxy) is 1. The van der Waals surface area contributed by atoms with Crippen LogP contribution in [0.25, 0.3) is 0 Å². The number of rotatable bonds is 2. The first-order valence-electron chi connectivity index (χ1n) is 3.82. The van der Waals surface area contributed by atoms with E-state index in [1.165, 1.54) is 6.08 Å². The highest BCUT2D eigenvalue weighted by Gasteiger charge is 2.34. The molecule has 2 atom stereocenters. The van der Waals surface area contributed by atoms with Crippen molar-refractivity contribution in [3.63, 3.8) is 0 Å². The van der Waals surface area contributed by atoms with E-state index < -0.39 is 24.0 Å². The molecule has 0 aromatic rings. The van der Waals surface area contributed by atoms with Crippen molar-refractivity contribution in [3.8, 4) is 0 Å². The molecule has 1 N–H and O–H groups in total. The third-order valence-electron chi connectivity index (χ3n) is 1.65. The zero-order chi connectivity index (χ0) is 11.6. The summed E-state index contributed by atoms with van der Waals surface area (Å²) in [6.07, 6.45) is -1.37. The third-order valence-corrected chi connectivity index (χ3v) is 2.84. The van der Waals surface area contributed by atoms with E-state index >= 15 is 0 Å². The fourth-order valence-corrected chi connectivity index (χ4v) is 1.76. The van der Waals surface area contributed by atoms with Crippen LogP contribution in [0.15, 0.2) is 24.0 Å². The minimum Gasteiger partial charge on any atom is -0.481 e. The van der Waals surface area contributed by atoms with Crippen molar-refractivity contribution in [2.45, 2.75) is 10.3 Å². The van der Waals surface area contributed by atoms with Crippen molar-refractivity contribution in [2.75, 3.05) is 0 Å². The molecule has 0 aliphatic heterocycles. The summed E-state index contributed by atoms with van der Waals surface area (Å²) < 4.78 is 38.7. The lowest BCUT2D eigenvalue weighted by Gasteiger charge is -2.19. The number of carbonyl (C=O) groups is 1. The smallest absolute Gasteiger partial charge is 0.481 e. The first-order chi connectivity index (χ1) is 6.79. The highest BCUT2D eigenvalue weighted by atomic mass is 127. The van der Waals surface area contributed by atoms with Gasteiger partial charge < -0.3 is 9.84 Å². The molecule has 0 saturated carbocycles. The molecule has 7 heteroatoms. The zero-order valence-corrected chi connectivity index (χ0v) is 9.32. The van der Waals surface area contributed by atoms with Crippen LogP contribution in [-0.4, -0.2) is 21.4 Å². The van der Waals surface area contributed by atoms with Gasteiger partial charge in [-0.15, -0.1) is 13.2 Å². The van der Waals surface area contributed by atoms with Crippen molar-refractivity contribution in [2.24, 2.45) is 5.92 Å². The predicted molar refractivity (Wildman–Crippen MR) is 53.3 cm³/mol. The first-order valence-corrected chi connectivity index (χ1v) is 5.07. The second kappa shape index (κ2) is 4.42. The maximum atomic E-state index is 11.8. The van der Waals surface area contributed by atoms with E-state index in [-0.39, 0.29) is 3.92 Å². The van der Waals surface area contributed by atoms with E-state index in [9.17, 15) is 18.0 Å². The Labute approximate surface area is 96.7 Å². The average molecular weight is 334 g/mol. The van der Waals surface area contributed by atoms with Gasteiger partial charge >= 0.3 is 12.3 Å². The Balaban J connectivity index is 2.80. The van der Waals surface area contributed by atoms with Crippen LogP contribution in [0.5, 0.6) is 0 Å². The van der Waals surface area contributed by atoms with E-state index in [0.29, 0.717) is 0 Å². The molecule has 84 valence electrons. The van der Waals surface area contributed by atoms with Gasteiger partial charge in [0.05, 0.1) is 5.92 Å². The maximum Gasteiger partial charge on any atom is 0.573 e. The molecule has 0 bridgehead atoms. The topological polar surface area (TPSA) is 46.5 Å². The summed E-state index contributed by atoms with van der Waals surface area (Å²) in [5.41, 5.74) is 0. The largest absolute Gasteiger partial charge is 0.573 e. The number of carboxylic acid groups (broad SMARTS) is 1. The molecule has 0 heterocycles. The van der Waals surface area contributed by atoms with Gasteiger partial charge in [0.1, 0.15) is 5.76 Å². The second-order valence-corrected chi connectivity index (χ2v) is 4.22. The first kappa shape index (κ1) is 12.3. The van der Waals surface area contributed by atoms with Gasteiger partial charge in [0.2, 0.25) is 0 Å². The van der Waals surface area contributed by atoms with E-state index in [1.54, 1.807) is 0 Å². The van der Waals surface area contributed by atoms with Gasteiger partial charge in [-0.1, -0.05) is 28.7 Å². The van der Waals surface area contributed by atoms with Crippen LogP contribution in [0.3, 0.4) is 0 Å². The number of allylic oxidation sites excluding steroid dienone is 2. The molecule has 1 aliphatic carbocycles. The molecule has 0 saturated heterocycles. The highest BCUT2D eigenvalue weighted by molar-refractivity contribution is 14.1. The summed E-state index contributed by atoms with van der Waals surface area (Å²) in [4.78, 5) is 10.7. The van der Waals surface area contributed by atoms with E-state index in [1.807, 2.05) is 22.6 Å². The molecule has 0 aromatic heterocycles. The fraction of sp³-hybridized carbons (Fsp3) is 0.375. The number of aliphatic carboxylic acids is 1. The standard InChI is InChI=1S/C8H6F3IO3/c9-8(10,11)15-4-1-2-6(12)5(3-4)7(13)14/h1-3,5-6H,(H,13,14)/t5-,6+/m1/s1. The SMILES string of the molecule is O=C(O)[C@@H]1C=C(OC(F)(F)F)C=C[C@@H]1I. The van der Waals surface area contributed by atoms with Gasteiger partial charge in [0.15, 0.2) is 0 Å².